The minimum Gasteiger partial charge on any atom is -0.497 e. The van der Waals surface area contributed by atoms with E-state index in [1.54, 1.807) is 19.3 Å². The number of benzene rings is 1. The Hall–Kier alpha value is -2.82. The molecule has 2 rings (SSSR count). The SMILES string of the molecule is C=CCn1c(=O)/c(=C/CCCCCCCCCC)[nH]c(=O)/c1=C/c1cccc(OC)c1. The van der Waals surface area contributed by atoms with Gasteiger partial charge in [-0.2, -0.15) is 0 Å². The van der Waals surface area contributed by atoms with Crippen molar-refractivity contribution in [2.75, 3.05) is 7.11 Å². The lowest BCUT2D eigenvalue weighted by atomic mass is 10.1. The Morgan fingerprint density at radius 2 is 1.77 bits per heavy atom. The summed E-state index contributed by atoms with van der Waals surface area (Å²) >= 11 is 0. The largest absolute Gasteiger partial charge is 0.497 e. The Balaban J connectivity index is 2.19. The molecule has 5 heteroatoms. The first-order chi connectivity index (χ1) is 15.1. The molecule has 0 saturated carbocycles. The molecule has 1 N–H and O–H groups in total. The Labute approximate surface area is 184 Å². The van der Waals surface area contributed by atoms with Crippen molar-refractivity contribution in [2.24, 2.45) is 0 Å². The van der Waals surface area contributed by atoms with Gasteiger partial charge in [-0.05, 0) is 36.6 Å². The van der Waals surface area contributed by atoms with Crippen molar-refractivity contribution >= 4 is 12.2 Å². The monoisotopic (exact) mass is 424 g/mol. The van der Waals surface area contributed by atoms with Crippen molar-refractivity contribution < 1.29 is 4.74 Å². The standard InChI is InChI=1S/C26H36N2O3/c1-4-6-7-8-9-10-11-12-13-17-23-26(30)28(18-5-2)24(25(29)27-23)20-21-15-14-16-22(19-21)31-3/h5,14-17,19-20H,2,4,6-13,18H2,1,3H3,(H,27,29)/b23-17-,24-20-. The molecule has 0 radical (unpaired) electrons. The van der Waals surface area contributed by atoms with Gasteiger partial charge in [0.1, 0.15) is 16.4 Å². The van der Waals surface area contributed by atoms with Gasteiger partial charge in [0.2, 0.25) is 0 Å². The lowest BCUT2D eigenvalue weighted by molar-refractivity contribution is 0.414. The second-order valence-electron chi connectivity index (χ2n) is 7.85. The normalized spacial score (nSPS) is 12.3. The van der Waals surface area contributed by atoms with E-state index >= 15 is 0 Å². The van der Waals surface area contributed by atoms with Gasteiger partial charge in [-0.15, -0.1) is 6.58 Å². The van der Waals surface area contributed by atoms with Crippen LogP contribution < -0.4 is 26.6 Å². The number of hydrogen-bond acceptors (Lipinski definition) is 3. The number of ether oxygens (including phenoxy) is 1. The van der Waals surface area contributed by atoms with Gasteiger partial charge in [-0.25, -0.2) is 0 Å². The van der Waals surface area contributed by atoms with Crippen molar-refractivity contribution in [3.8, 4) is 5.75 Å². The van der Waals surface area contributed by atoms with Gasteiger partial charge < -0.3 is 9.72 Å². The molecule has 0 bridgehead atoms. The first kappa shape index (κ1) is 24.4. The van der Waals surface area contributed by atoms with Crippen LogP contribution in [0.3, 0.4) is 0 Å². The average molecular weight is 425 g/mol. The summed E-state index contributed by atoms with van der Waals surface area (Å²) in [5.74, 6) is 0.693. The third-order valence-corrected chi connectivity index (χ3v) is 5.36. The summed E-state index contributed by atoms with van der Waals surface area (Å²) in [5.41, 5.74) is 0.303. The molecule has 0 aliphatic carbocycles. The topological polar surface area (TPSA) is 64.1 Å². The predicted octanol–water partition coefficient (Wildman–Crippen LogP) is 3.87. The zero-order valence-corrected chi connectivity index (χ0v) is 19.0. The number of nitrogens with one attached hydrogen (secondary N) is 1. The zero-order chi connectivity index (χ0) is 22.5. The van der Waals surface area contributed by atoms with Gasteiger partial charge in [-0.3, -0.25) is 14.2 Å². The van der Waals surface area contributed by atoms with Crippen LogP contribution in [-0.4, -0.2) is 16.7 Å². The van der Waals surface area contributed by atoms with Crippen LogP contribution in [0.2, 0.25) is 0 Å². The van der Waals surface area contributed by atoms with E-state index in [0.29, 0.717) is 16.4 Å². The van der Waals surface area contributed by atoms with Gasteiger partial charge in [0.15, 0.2) is 0 Å². The average Bonchev–Trinajstić information content (AvgIpc) is 2.78. The summed E-state index contributed by atoms with van der Waals surface area (Å²) in [6.45, 7) is 6.24. The maximum Gasteiger partial charge on any atom is 0.274 e. The van der Waals surface area contributed by atoms with Crippen molar-refractivity contribution in [3.63, 3.8) is 0 Å². The fourth-order valence-electron chi connectivity index (χ4n) is 3.62. The fraction of sp³-hybridized carbons (Fsp3) is 0.462. The van der Waals surface area contributed by atoms with E-state index < -0.39 is 0 Å². The molecule has 0 unspecified atom stereocenters. The predicted molar refractivity (Wildman–Crippen MR) is 129 cm³/mol. The third-order valence-electron chi connectivity index (χ3n) is 5.36. The van der Waals surface area contributed by atoms with Gasteiger partial charge in [0, 0.05) is 6.54 Å². The highest BCUT2D eigenvalue weighted by molar-refractivity contribution is 5.50. The Kier molecular flexibility index (Phi) is 10.6. The number of unbranched alkanes of at least 4 members (excludes halogenated alkanes) is 8. The van der Waals surface area contributed by atoms with Crippen LogP contribution >= 0.6 is 0 Å². The number of aromatic nitrogens is 2. The molecule has 1 aromatic heterocycles. The van der Waals surface area contributed by atoms with E-state index in [9.17, 15) is 9.59 Å². The number of methoxy groups -OCH3 is 1. The lowest BCUT2D eigenvalue weighted by Gasteiger charge is -2.05. The molecule has 1 aromatic carbocycles. The number of H-pyrrole nitrogens is 1. The second kappa shape index (κ2) is 13.5. The van der Waals surface area contributed by atoms with Crippen molar-refractivity contribution in [1.29, 1.82) is 0 Å². The van der Waals surface area contributed by atoms with E-state index in [1.165, 1.54) is 43.1 Å². The van der Waals surface area contributed by atoms with E-state index in [4.69, 9.17) is 4.74 Å². The Morgan fingerprint density at radius 3 is 2.45 bits per heavy atom. The van der Waals surface area contributed by atoms with E-state index in [-0.39, 0.29) is 17.7 Å². The van der Waals surface area contributed by atoms with E-state index in [2.05, 4.69) is 18.5 Å². The van der Waals surface area contributed by atoms with E-state index in [0.717, 1.165) is 24.8 Å². The molecular formula is C26H36N2O3. The molecule has 1 heterocycles. The van der Waals surface area contributed by atoms with Gasteiger partial charge in [0.05, 0.1) is 7.11 Å². The number of hydrogen-bond donors (Lipinski definition) is 1. The van der Waals surface area contributed by atoms with Gasteiger partial charge in [0.25, 0.3) is 11.1 Å². The minimum absolute atomic E-state index is 0.201. The zero-order valence-electron chi connectivity index (χ0n) is 19.0. The van der Waals surface area contributed by atoms with Crippen LogP contribution in [0.1, 0.15) is 70.3 Å². The highest BCUT2D eigenvalue weighted by atomic mass is 16.5. The summed E-state index contributed by atoms with van der Waals surface area (Å²) in [6, 6.07) is 7.37. The molecule has 0 aliphatic rings. The number of aromatic amines is 1. The highest BCUT2D eigenvalue weighted by Gasteiger charge is 2.04. The third kappa shape index (κ3) is 7.74. The Morgan fingerprint density at radius 1 is 1.06 bits per heavy atom. The van der Waals surface area contributed by atoms with Crippen LogP contribution in [0.25, 0.3) is 12.2 Å². The molecule has 0 atom stereocenters. The fourth-order valence-corrected chi connectivity index (χ4v) is 3.62. The van der Waals surface area contributed by atoms with Crippen molar-refractivity contribution in [1.82, 2.24) is 9.55 Å². The number of rotatable bonds is 13. The lowest BCUT2D eigenvalue weighted by Crippen LogP contribution is -2.53. The molecule has 0 saturated heterocycles. The first-order valence-corrected chi connectivity index (χ1v) is 11.4. The molecule has 0 aliphatic heterocycles. The molecule has 2 aromatic rings. The van der Waals surface area contributed by atoms with Crippen LogP contribution in [-0.2, 0) is 6.54 Å². The molecule has 0 amide bonds. The summed E-state index contributed by atoms with van der Waals surface area (Å²) in [6.07, 6.45) is 15.9. The minimum atomic E-state index is -0.286. The number of nitrogens with zero attached hydrogens (tertiary/aromatic N) is 1. The summed E-state index contributed by atoms with van der Waals surface area (Å²) in [7, 11) is 1.59. The second-order valence-corrected chi connectivity index (χ2v) is 7.85. The maximum atomic E-state index is 13.0. The summed E-state index contributed by atoms with van der Waals surface area (Å²) in [4.78, 5) is 28.5. The van der Waals surface area contributed by atoms with Crippen LogP contribution in [0, 0.1) is 0 Å². The van der Waals surface area contributed by atoms with Crippen molar-refractivity contribution in [3.05, 3.63) is 73.9 Å². The summed E-state index contributed by atoms with van der Waals surface area (Å²) in [5, 5.41) is 0.667. The highest BCUT2D eigenvalue weighted by Crippen LogP contribution is 2.12. The van der Waals surface area contributed by atoms with Crippen molar-refractivity contribution in [2.45, 2.75) is 71.3 Å². The Bertz CT molecular complexity index is 1060. The molecule has 31 heavy (non-hydrogen) atoms. The summed E-state index contributed by atoms with van der Waals surface area (Å²) < 4.78 is 6.72. The van der Waals surface area contributed by atoms with Crippen LogP contribution in [0.4, 0.5) is 0 Å². The number of allylic oxidation sites excluding steroid dienone is 1. The van der Waals surface area contributed by atoms with Gasteiger partial charge in [-0.1, -0.05) is 76.2 Å². The molecule has 5 nitrogen and oxygen atoms in total. The molecule has 0 fully saturated rings. The van der Waals surface area contributed by atoms with Crippen LogP contribution in [0.5, 0.6) is 5.75 Å². The molecule has 0 spiro atoms. The first-order valence-electron chi connectivity index (χ1n) is 11.4. The molecule has 168 valence electrons. The smallest absolute Gasteiger partial charge is 0.274 e. The van der Waals surface area contributed by atoms with Crippen LogP contribution in [0.15, 0.2) is 46.5 Å². The molecular weight excluding hydrogens is 388 g/mol. The van der Waals surface area contributed by atoms with Gasteiger partial charge >= 0.3 is 0 Å². The van der Waals surface area contributed by atoms with E-state index in [1.807, 2.05) is 30.3 Å². The quantitative estimate of drug-likeness (QED) is 0.392. The maximum absolute atomic E-state index is 13.0.